The molecule has 1 aromatic carbocycles. The third kappa shape index (κ3) is 2.90. The average Bonchev–Trinajstić information content (AvgIpc) is 2.32. The number of benzene rings is 1. The second-order valence-corrected chi connectivity index (χ2v) is 4.15. The lowest BCUT2D eigenvalue weighted by molar-refractivity contribution is -0.151. The van der Waals surface area contributed by atoms with E-state index < -0.39 is 18.3 Å². The zero-order valence-corrected chi connectivity index (χ0v) is 9.20. The SMILES string of the molecule is O=C1NCC(C=Cc2ccccc2)CC1(F)F. The van der Waals surface area contributed by atoms with Crippen LogP contribution in [0.1, 0.15) is 12.0 Å². The Labute approximate surface area is 98.3 Å². The van der Waals surface area contributed by atoms with E-state index in [-0.39, 0.29) is 12.5 Å². The number of amides is 1. The monoisotopic (exact) mass is 237 g/mol. The molecule has 0 bridgehead atoms. The molecular weight excluding hydrogens is 224 g/mol. The van der Waals surface area contributed by atoms with Gasteiger partial charge in [0.05, 0.1) is 0 Å². The number of nitrogens with one attached hydrogen (secondary N) is 1. The number of carbonyl (C=O) groups is 1. The number of hydrogen-bond donors (Lipinski definition) is 1. The summed E-state index contributed by atoms with van der Waals surface area (Å²) in [5.41, 5.74) is 0.965. The number of alkyl halides is 2. The fourth-order valence-electron chi connectivity index (χ4n) is 1.79. The molecule has 2 rings (SSSR count). The standard InChI is InChI=1S/C13H13F2NO/c14-13(15)8-11(9-16-12(13)17)7-6-10-4-2-1-3-5-10/h1-7,11H,8-9H2,(H,16,17). The maximum absolute atomic E-state index is 13.1. The fourth-order valence-corrected chi connectivity index (χ4v) is 1.79. The van der Waals surface area contributed by atoms with E-state index in [9.17, 15) is 13.6 Å². The number of carbonyl (C=O) groups excluding carboxylic acids is 1. The molecule has 1 saturated heterocycles. The van der Waals surface area contributed by atoms with Gasteiger partial charge < -0.3 is 5.32 Å². The molecule has 17 heavy (non-hydrogen) atoms. The maximum Gasteiger partial charge on any atom is 0.325 e. The topological polar surface area (TPSA) is 29.1 Å². The molecule has 4 heteroatoms. The van der Waals surface area contributed by atoms with Gasteiger partial charge in [-0.25, -0.2) is 0 Å². The molecule has 90 valence electrons. The van der Waals surface area contributed by atoms with Crippen molar-refractivity contribution in [3.8, 4) is 0 Å². The van der Waals surface area contributed by atoms with Crippen LogP contribution in [0.4, 0.5) is 8.78 Å². The Morgan fingerprint density at radius 3 is 2.65 bits per heavy atom. The molecule has 1 fully saturated rings. The third-order valence-corrected chi connectivity index (χ3v) is 2.74. The van der Waals surface area contributed by atoms with Crippen LogP contribution < -0.4 is 5.32 Å². The highest BCUT2D eigenvalue weighted by atomic mass is 19.3. The molecule has 1 amide bonds. The molecule has 1 atom stereocenters. The molecule has 0 aromatic heterocycles. The van der Waals surface area contributed by atoms with Crippen LogP contribution >= 0.6 is 0 Å². The molecule has 0 saturated carbocycles. The predicted octanol–water partition coefficient (Wildman–Crippen LogP) is 2.47. The first-order chi connectivity index (χ1) is 8.08. The second kappa shape index (κ2) is 4.65. The summed E-state index contributed by atoms with van der Waals surface area (Å²) in [6.07, 6.45) is 3.11. The third-order valence-electron chi connectivity index (χ3n) is 2.74. The van der Waals surface area contributed by atoms with Crippen molar-refractivity contribution >= 4 is 12.0 Å². The Morgan fingerprint density at radius 2 is 2.00 bits per heavy atom. The zero-order valence-electron chi connectivity index (χ0n) is 9.20. The normalized spacial score (nSPS) is 23.6. The van der Waals surface area contributed by atoms with E-state index in [1.807, 2.05) is 30.3 Å². The summed E-state index contributed by atoms with van der Waals surface area (Å²) >= 11 is 0. The van der Waals surface area contributed by atoms with Gasteiger partial charge in [0.15, 0.2) is 0 Å². The van der Waals surface area contributed by atoms with E-state index in [0.29, 0.717) is 0 Å². The summed E-state index contributed by atoms with van der Waals surface area (Å²) < 4.78 is 26.3. The number of rotatable bonds is 2. The van der Waals surface area contributed by atoms with Crippen LogP contribution in [0, 0.1) is 5.92 Å². The van der Waals surface area contributed by atoms with Gasteiger partial charge in [-0.3, -0.25) is 4.79 Å². The van der Waals surface area contributed by atoms with Crippen molar-refractivity contribution in [2.75, 3.05) is 6.54 Å². The smallest absolute Gasteiger partial charge is 0.325 e. The Balaban J connectivity index is 2.01. The van der Waals surface area contributed by atoms with Gasteiger partial charge in [-0.2, -0.15) is 8.78 Å². The molecule has 1 aromatic rings. The van der Waals surface area contributed by atoms with Crippen molar-refractivity contribution < 1.29 is 13.6 Å². The van der Waals surface area contributed by atoms with Gasteiger partial charge in [0.1, 0.15) is 0 Å². The minimum Gasteiger partial charge on any atom is -0.350 e. The number of halogens is 2. The maximum atomic E-state index is 13.1. The van der Waals surface area contributed by atoms with E-state index in [2.05, 4.69) is 5.32 Å². The van der Waals surface area contributed by atoms with Crippen molar-refractivity contribution in [1.29, 1.82) is 0 Å². The summed E-state index contributed by atoms with van der Waals surface area (Å²) in [6.45, 7) is 0.276. The van der Waals surface area contributed by atoms with Crippen molar-refractivity contribution in [2.24, 2.45) is 5.92 Å². The first-order valence-electron chi connectivity index (χ1n) is 5.47. The molecule has 1 heterocycles. The summed E-state index contributed by atoms with van der Waals surface area (Å²) in [4.78, 5) is 10.9. The van der Waals surface area contributed by atoms with Gasteiger partial charge in [-0.05, 0) is 5.56 Å². The van der Waals surface area contributed by atoms with Crippen LogP contribution in [0.15, 0.2) is 36.4 Å². The van der Waals surface area contributed by atoms with Gasteiger partial charge in [0, 0.05) is 18.9 Å². The van der Waals surface area contributed by atoms with Crippen LogP contribution in [-0.4, -0.2) is 18.4 Å². The highest BCUT2D eigenvalue weighted by molar-refractivity contribution is 5.84. The molecule has 1 aliphatic rings. The van der Waals surface area contributed by atoms with Crippen molar-refractivity contribution in [3.05, 3.63) is 42.0 Å². The van der Waals surface area contributed by atoms with E-state index in [0.717, 1.165) is 5.56 Å². The minimum atomic E-state index is -3.25. The Hall–Kier alpha value is -1.71. The summed E-state index contributed by atoms with van der Waals surface area (Å²) in [5.74, 6) is -4.73. The van der Waals surface area contributed by atoms with Crippen molar-refractivity contribution in [2.45, 2.75) is 12.3 Å². The molecular formula is C13H13F2NO. The van der Waals surface area contributed by atoms with Gasteiger partial charge in [-0.1, -0.05) is 42.5 Å². The largest absolute Gasteiger partial charge is 0.350 e. The minimum absolute atomic E-state index is 0.276. The molecule has 0 spiro atoms. The number of hydrogen-bond acceptors (Lipinski definition) is 1. The molecule has 1 aliphatic heterocycles. The van der Waals surface area contributed by atoms with Crippen LogP contribution in [-0.2, 0) is 4.79 Å². The summed E-state index contributed by atoms with van der Waals surface area (Å²) in [6, 6.07) is 9.46. The average molecular weight is 237 g/mol. The highest BCUT2D eigenvalue weighted by Gasteiger charge is 2.43. The Bertz CT molecular complexity index is 428. The lowest BCUT2D eigenvalue weighted by atomic mass is 9.95. The van der Waals surface area contributed by atoms with Gasteiger partial charge in [-0.15, -0.1) is 0 Å². The van der Waals surface area contributed by atoms with Gasteiger partial charge >= 0.3 is 5.92 Å². The summed E-state index contributed by atoms with van der Waals surface area (Å²) in [5, 5.41) is 2.22. The Morgan fingerprint density at radius 1 is 1.29 bits per heavy atom. The van der Waals surface area contributed by atoms with E-state index in [1.54, 1.807) is 12.2 Å². The highest BCUT2D eigenvalue weighted by Crippen LogP contribution is 2.28. The molecule has 1 N–H and O–H groups in total. The molecule has 0 aliphatic carbocycles. The van der Waals surface area contributed by atoms with Gasteiger partial charge in [0.25, 0.3) is 5.91 Å². The van der Waals surface area contributed by atoms with Crippen LogP contribution in [0.2, 0.25) is 0 Å². The Kier molecular flexibility index (Phi) is 3.22. The quantitative estimate of drug-likeness (QED) is 0.841. The van der Waals surface area contributed by atoms with E-state index in [4.69, 9.17) is 0 Å². The first kappa shape index (κ1) is 11.8. The van der Waals surface area contributed by atoms with Crippen LogP contribution in [0.3, 0.4) is 0 Å². The predicted molar refractivity (Wildman–Crippen MR) is 61.5 cm³/mol. The second-order valence-electron chi connectivity index (χ2n) is 4.15. The van der Waals surface area contributed by atoms with Crippen molar-refractivity contribution in [3.63, 3.8) is 0 Å². The van der Waals surface area contributed by atoms with E-state index >= 15 is 0 Å². The van der Waals surface area contributed by atoms with Crippen molar-refractivity contribution in [1.82, 2.24) is 5.32 Å². The number of piperidine rings is 1. The first-order valence-corrected chi connectivity index (χ1v) is 5.47. The van der Waals surface area contributed by atoms with Gasteiger partial charge in [0.2, 0.25) is 0 Å². The van der Waals surface area contributed by atoms with E-state index in [1.165, 1.54) is 0 Å². The lowest BCUT2D eigenvalue weighted by Crippen LogP contribution is -2.48. The summed E-state index contributed by atoms with van der Waals surface area (Å²) in [7, 11) is 0. The van der Waals surface area contributed by atoms with Crippen LogP contribution in [0.5, 0.6) is 0 Å². The molecule has 1 unspecified atom stereocenters. The zero-order chi connectivity index (χ0) is 12.3. The van der Waals surface area contributed by atoms with Crippen LogP contribution in [0.25, 0.3) is 6.08 Å². The fraction of sp³-hybridized carbons (Fsp3) is 0.308. The molecule has 2 nitrogen and oxygen atoms in total. The molecule has 0 radical (unpaired) electrons. The lowest BCUT2D eigenvalue weighted by Gasteiger charge is -2.26.